The molecule has 4 aromatic carbocycles. The van der Waals surface area contributed by atoms with Crippen LogP contribution in [0.25, 0.3) is 20.4 Å². The molecule has 15 nitrogen and oxygen atoms in total. The second-order valence-electron chi connectivity index (χ2n) is 15.1. The van der Waals surface area contributed by atoms with Crippen molar-refractivity contribution in [1.29, 1.82) is 5.26 Å². The van der Waals surface area contributed by atoms with E-state index in [1.165, 1.54) is 17.4 Å². The molecule has 63 heavy (non-hydrogen) atoms. The van der Waals surface area contributed by atoms with E-state index in [4.69, 9.17) is 5.26 Å². The number of benzene rings is 4. The van der Waals surface area contributed by atoms with Crippen molar-refractivity contribution in [2.24, 2.45) is 20.5 Å². The maximum Gasteiger partial charge on any atom is 0.416 e. The first kappa shape index (κ1) is 44.7. The van der Waals surface area contributed by atoms with Crippen LogP contribution in [-0.4, -0.2) is 62.1 Å². The van der Waals surface area contributed by atoms with Gasteiger partial charge in [0.25, 0.3) is 20.2 Å². The normalized spacial score (nSPS) is 16.1. The van der Waals surface area contributed by atoms with Crippen molar-refractivity contribution >= 4 is 96.4 Å². The molecule has 0 fully saturated rings. The van der Waals surface area contributed by atoms with Crippen molar-refractivity contribution < 1.29 is 55.6 Å². The van der Waals surface area contributed by atoms with Gasteiger partial charge in [-0.1, -0.05) is 22.7 Å². The van der Waals surface area contributed by atoms with E-state index in [2.05, 4.69) is 46.3 Å². The van der Waals surface area contributed by atoms with E-state index < -0.39 is 32.0 Å². The third kappa shape index (κ3) is 8.94. The molecule has 6 aromatic rings. The van der Waals surface area contributed by atoms with Crippen molar-refractivity contribution in [3.8, 4) is 6.07 Å². The van der Waals surface area contributed by atoms with E-state index in [0.717, 1.165) is 115 Å². The SMILES string of the molecule is N#Cc1ccc2nc(N=Nc3cc4c5c(c3S(=O)(=O)O)CCCN5CCC4)sc2c1.O=S(=O)(O)c1c(N=Nc2nc3ccc(C(F)(F)F)cc3s2)cc2c3c1CCCN3CCC2.[Ni]. The smallest absolute Gasteiger partial charge is 0.371 e. The van der Waals surface area contributed by atoms with Gasteiger partial charge in [0.2, 0.25) is 10.3 Å². The van der Waals surface area contributed by atoms with Gasteiger partial charge in [-0.15, -0.1) is 20.5 Å². The summed E-state index contributed by atoms with van der Waals surface area (Å²) in [6, 6.07) is 13.8. The number of hydrogen-bond acceptors (Lipinski definition) is 15. The predicted octanol–water partition coefficient (Wildman–Crippen LogP) is 10.2. The third-order valence-corrected chi connectivity index (χ3v) is 14.9. The number of anilines is 2. The van der Waals surface area contributed by atoms with Gasteiger partial charge < -0.3 is 9.80 Å². The van der Waals surface area contributed by atoms with Crippen molar-refractivity contribution in [1.82, 2.24) is 9.97 Å². The van der Waals surface area contributed by atoms with Gasteiger partial charge in [0, 0.05) is 54.0 Å². The molecule has 0 saturated carbocycles. The molecule has 4 aliphatic heterocycles. The van der Waals surface area contributed by atoms with Crippen molar-refractivity contribution in [3.63, 3.8) is 0 Å². The number of nitrogens with zero attached hydrogens (tertiary/aromatic N) is 9. The minimum Gasteiger partial charge on any atom is -0.371 e. The van der Waals surface area contributed by atoms with Crippen LogP contribution in [0.4, 0.5) is 46.2 Å². The first-order chi connectivity index (χ1) is 29.5. The number of aromatic nitrogens is 2. The van der Waals surface area contributed by atoms with Crippen LogP contribution in [0.5, 0.6) is 0 Å². The number of aryl methyl sites for hydroxylation is 2. The van der Waals surface area contributed by atoms with Gasteiger partial charge in [-0.05, 0) is 122 Å². The average Bonchev–Trinajstić information content (AvgIpc) is 3.84. The van der Waals surface area contributed by atoms with Crippen molar-refractivity contribution in [2.75, 3.05) is 36.0 Å². The Kier molecular flexibility index (Phi) is 12.2. The quantitative estimate of drug-likeness (QED) is 0.0910. The summed E-state index contributed by atoms with van der Waals surface area (Å²) in [7, 11) is -9.04. The molecule has 2 aromatic heterocycles. The average molecular weight is 981 g/mol. The van der Waals surface area contributed by atoms with Crippen molar-refractivity contribution in [2.45, 2.75) is 67.3 Å². The van der Waals surface area contributed by atoms with E-state index >= 15 is 0 Å². The van der Waals surface area contributed by atoms with E-state index in [0.29, 0.717) is 50.4 Å². The predicted molar refractivity (Wildman–Crippen MR) is 228 cm³/mol. The Morgan fingerprint density at radius 1 is 0.651 bits per heavy atom. The zero-order valence-corrected chi connectivity index (χ0v) is 37.0. The summed E-state index contributed by atoms with van der Waals surface area (Å²) in [4.78, 5) is 12.5. The van der Waals surface area contributed by atoms with Crippen LogP contribution in [0.3, 0.4) is 0 Å². The number of halogens is 3. The number of hydrogen-bond donors (Lipinski definition) is 2. The van der Waals surface area contributed by atoms with Crippen LogP contribution in [0, 0.1) is 11.3 Å². The van der Waals surface area contributed by atoms with Gasteiger partial charge in [0.15, 0.2) is 0 Å². The number of nitriles is 1. The second-order valence-corrected chi connectivity index (χ2v) is 19.9. The van der Waals surface area contributed by atoms with E-state index in [1.807, 2.05) is 0 Å². The van der Waals surface area contributed by atoms with Gasteiger partial charge in [-0.3, -0.25) is 9.11 Å². The van der Waals surface area contributed by atoms with Gasteiger partial charge in [-0.2, -0.15) is 35.3 Å². The number of alkyl halides is 3. The molecule has 0 aliphatic carbocycles. The topological polar surface area (TPSA) is 214 Å². The third-order valence-electron chi connectivity index (χ3n) is 11.1. The molecule has 2 N–H and O–H groups in total. The van der Waals surface area contributed by atoms with Gasteiger partial charge in [0.1, 0.15) is 21.2 Å². The standard InChI is InChI=1S/C20H17F3N4O3S2.C20H17N5O3S2.Ni/c21-20(22,23)12-5-6-14-16(10-12)31-19(24-14)26-25-15-9-11-3-1-7-27-8-2-4-13(17(11)27)18(15)32(28,29)30;21-11-12-5-6-15-17(9-12)29-20(22-15)24-23-16-10-13-3-1-7-25-8-2-4-14(18(13)25)19(16)30(26,27)28;/h5-6,9-10H,1-4,7-8H2,(H,28,29,30);5-6,9-10H,1-4,7-8H2,(H,26,27,28);. The summed E-state index contributed by atoms with van der Waals surface area (Å²) in [6.45, 7) is 3.44. The van der Waals surface area contributed by atoms with Crippen LogP contribution in [0.15, 0.2) is 78.8 Å². The van der Waals surface area contributed by atoms with Gasteiger partial charge >= 0.3 is 6.18 Å². The van der Waals surface area contributed by atoms with Crippen LogP contribution >= 0.6 is 22.7 Å². The number of thiazole rings is 2. The molecule has 10 rings (SSSR count). The summed E-state index contributed by atoms with van der Waals surface area (Å²) in [5.74, 6) is 0. The molecular weight excluding hydrogens is 946 g/mol. The number of fused-ring (bicyclic) bond motifs is 2. The fraction of sp³-hybridized carbons (Fsp3) is 0.325. The molecule has 4 aliphatic rings. The summed E-state index contributed by atoms with van der Waals surface area (Å²) >= 11 is 2.19. The Morgan fingerprint density at radius 3 is 1.54 bits per heavy atom. The van der Waals surface area contributed by atoms with E-state index in [9.17, 15) is 39.1 Å². The molecule has 0 saturated heterocycles. The van der Waals surface area contributed by atoms with Crippen LogP contribution < -0.4 is 9.80 Å². The number of azo groups is 2. The Hall–Kier alpha value is -4.95. The monoisotopic (exact) mass is 979 g/mol. The number of rotatable bonds is 6. The first-order valence-electron chi connectivity index (χ1n) is 19.5. The fourth-order valence-corrected chi connectivity index (χ4v) is 12.1. The minimum atomic E-state index is -4.57. The molecule has 0 bridgehead atoms. The minimum absolute atomic E-state index is 0. The maximum atomic E-state index is 12.9. The molecular formula is C40H34F3N9NiO6S4. The Labute approximate surface area is 376 Å². The Balaban J connectivity index is 0.000000170. The van der Waals surface area contributed by atoms with Crippen molar-refractivity contribution in [3.05, 3.63) is 81.9 Å². The molecule has 0 amide bonds. The van der Waals surface area contributed by atoms with Crippen LogP contribution in [0.2, 0.25) is 0 Å². The Morgan fingerprint density at radius 2 is 1.10 bits per heavy atom. The van der Waals surface area contributed by atoms with Gasteiger partial charge in [0.05, 0.1) is 37.6 Å². The molecule has 23 heteroatoms. The molecule has 6 heterocycles. The molecule has 0 spiro atoms. The van der Waals surface area contributed by atoms with Crippen LogP contribution in [0.1, 0.15) is 59.1 Å². The summed E-state index contributed by atoms with van der Waals surface area (Å²) in [5.41, 5.74) is 5.89. The largest absolute Gasteiger partial charge is 0.416 e. The molecule has 0 atom stereocenters. The Bertz CT molecular complexity index is 3150. The van der Waals surface area contributed by atoms with E-state index in [1.54, 1.807) is 30.3 Å². The van der Waals surface area contributed by atoms with Crippen LogP contribution in [-0.2, 0) is 68.6 Å². The zero-order chi connectivity index (χ0) is 43.6. The second kappa shape index (κ2) is 17.2. The summed E-state index contributed by atoms with van der Waals surface area (Å²) in [5, 5.41) is 25.9. The molecule has 330 valence electrons. The first-order valence-corrected chi connectivity index (χ1v) is 24.0. The molecule has 0 unspecified atom stereocenters. The van der Waals surface area contributed by atoms with Gasteiger partial charge in [-0.25, -0.2) is 9.97 Å². The maximum absolute atomic E-state index is 12.9. The molecule has 0 radical (unpaired) electrons. The zero-order valence-electron chi connectivity index (χ0n) is 32.7. The summed E-state index contributed by atoms with van der Waals surface area (Å²) < 4.78 is 109. The summed E-state index contributed by atoms with van der Waals surface area (Å²) in [6.07, 6.45) is 1.71. The fourth-order valence-electron chi connectivity index (χ4n) is 8.70. The van der Waals surface area contributed by atoms with E-state index in [-0.39, 0.29) is 42.8 Å².